The van der Waals surface area contributed by atoms with E-state index in [1.807, 2.05) is 0 Å². The first-order chi connectivity index (χ1) is 10.4. The van der Waals surface area contributed by atoms with Gasteiger partial charge in [0.05, 0.1) is 18.8 Å². The molecule has 2 aliphatic rings. The van der Waals surface area contributed by atoms with E-state index in [4.69, 9.17) is 4.74 Å². The highest BCUT2D eigenvalue weighted by atomic mass is 35.5. The smallest absolute Gasteiger partial charge is 0.0900 e. The molecule has 1 saturated carbocycles. The second kappa shape index (κ2) is 11.2. The molecule has 2 rings (SSSR count). The molecule has 4 nitrogen and oxygen atoms in total. The normalized spacial score (nSPS) is 29.4. The molecule has 0 aromatic carbocycles. The van der Waals surface area contributed by atoms with Crippen LogP contribution in [0.1, 0.15) is 47.0 Å². The zero-order valence-corrected chi connectivity index (χ0v) is 17.5. The van der Waals surface area contributed by atoms with E-state index in [9.17, 15) is 5.11 Å². The topological polar surface area (TPSA) is 35.9 Å². The van der Waals surface area contributed by atoms with Gasteiger partial charge in [-0.3, -0.25) is 4.90 Å². The summed E-state index contributed by atoms with van der Waals surface area (Å²) in [4.78, 5) is 4.83. The Morgan fingerprint density at radius 2 is 1.67 bits per heavy atom. The van der Waals surface area contributed by atoms with Crippen LogP contribution in [0.2, 0.25) is 0 Å². The number of hydrogen-bond acceptors (Lipinski definition) is 4. The summed E-state index contributed by atoms with van der Waals surface area (Å²) >= 11 is 0. The predicted octanol–water partition coefficient (Wildman–Crippen LogP) is 3.06. The highest BCUT2D eigenvalue weighted by Crippen LogP contribution is 2.39. The molecule has 3 atom stereocenters. The van der Waals surface area contributed by atoms with E-state index in [2.05, 4.69) is 37.5 Å². The maximum absolute atomic E-state index is 10.3. The quantitative estimate of drug-likeness (QED) is 0.763. The monoisotopic (exact) mass is 384 g/mol. The number of hydrogen-bond donors (Lipinski definition) is 1. The van der Waals surface area contributed by atoms with E-state index in [1.54, 1.807) is 0 Å². The fourth-order valence-electron chi connectivity index (χ4n) is 4.27. The molecule has 1 saturated heterocycles. The summed E-state index contributed by atoms with van der Waals surface area (Å²) in [6.07, 6.45) is 3.53. The van der Waals surface area contributed by atoms with Crippen LogP contribution in [-0.4, -0.2) is 73.0 Å². The molecule has 2 fully saturated rings. The number of aliphatic hydroxyl groups excluding tert-OH is 1. The van der Waals surface area contributed by atoms with Gasteiger partial charge < -0.3 is 14.7 Å². The van der Waals surface area contributed by atoms with Gasteiger partial charge in [0.15, 0.2) is 0 Å². The summed E-state index contributed by atoms with van der Waals surface area (Å²) in [5.41, 5.74) is 0.379. The molecule has 1 aliphatic carbocycles. The molecule has 0 aromatic rings. The molecular formula is C18H38Cl2N2O2. The summed E-state index contributed by atoms with van der Waals surface area (Å²) in [7, 11) is 0. The van der Waals surface area contributed by atoms with Gasteiger partial charge in [0.1, 0.15) is 0 Å². The molecule has 1 heterocycles. The van der Waals surface area contributed by atoms with Gasteiger partial charge in [-0.25, -0.2) is 0 Å². The Balaban J connectivity index is 0.00000264. The number of piperazine rings is 1. The molecule has 0 bridgehead atoms. The zero-order chi connectivity index (χ0) is 16.2. The van der Waals surface area contributed by atoms with Gasteiger partial charge in [0.25, 0.3) is 0 Å². The molecule has 6 heteroatoms. The maximum atomic E-state index is 10.3. The predicted molar refractivity (Wildman–Crippen MR) is 106 cm³/mol. The van der Waals surface area contributed by atoms with E-state index in [1.165, 1.54) is 6.42 Å². The number of nitrogens with zero attached hydrogens (tertiary/aromatic N) is 2. The average Bonchev–Trinajstić information content (AvgIpc) is 2.44. The van der Waals surface area contributed by atoms with E-state index in [0.29, 0.717) is 18.1 Å². The minimum Gasteiger partial charge on any atom is -0.389 e. The standard InChI is InChI=1S/C18H36N2O2.2ClH/c1-5-19-6-8-20(9-7-19)13-16(21)14-22-17-10-15(2)11-18(3,4)12-17;;/h15-17,21H,5-14H2,1-4H3;2*1H. The molecular weight excluding hydrogens is 347 g/mol. The lowest BCUT2D eigenvalue weighted by Crippen LogP contribution is -2.49. The minimum absolute atomic E-state index is 0. The molecule has 24 heavy (non-hydrogen) atoms. The van der Waals surface area contributed by atoms with Crippen LogP contribution < -0.4 is 0 Å². The van der Waals surface area contributed by atoms with Crippen LogP contribution in [0.4, 0.5) is 0 Å². The fraction of sp³-hybridized carbons (Fsp3) is 1.00. The van der Waals surface area contributed by atoms with E-state index in [-0.39, 0.29) is 30.9 Å². The number of likely N-dealkylation sites (N-methyl/N-ethyl adjacent to an activating group) is 1. The van der Waals surface area contributed by atoms with Crippen LogP contribution in [0.25, 0.3) is 0 Å². The lowest BCUT2D eigenvalue weighted by Gasteiger charge is -2.39. The van der Waals surface area contributed by atoms with Gasteiger partial charge in [-0.2, -0.15) is 0 Å². The fourth-order valence-corrected chi connectivity index (χ4v) is 4.27. The van der Waals surface area contributed by atoms with Crippen LogP contribution >= 0.6 is 24.8 Å². The van der Waals surface area contributed by atoms with Crippen molar-refractivity contribution >= 4 is 24.8 Å². The molecule has 0 aromatic heterocycles. The summed E-state index contributed by atoms with van der Waals surface area (Å²) in [5.74, 6) is 0.730. The first-order valence-electron chi connectivity index (χ1n) is 9.12. The Labute approximate surface area is 161 Å². The molecule has 0 amide bonds. The SMILES string of the molecule is CCN1CCN(CC(O)COC2CC(C)CC(C)(C)C2)CC1.Cl.Cl. The summed E-state index contributed by atoms with van der Waals surface area (Å²) in [6.45, 7) is 16.0. The zero-order valence-electron chi connectivity index (χ0n) is 15.9. The van der Waals surface area contributed by atoms with Crippen molar-refractivity contribution in [2.24, 2.45) is 11.3 Å². The van der Waals surface area contributed by atoms with Crippen molar-refractivity contribution in [3.63, 3.8) is 0 Å². The Morgan fingerprint density at radius 1 is 1.08 bits per heavy atom. The second-order valence-corrected chi connectivity index (χ2v) is 8.26. The highest BCUT2D eigenvalue weighted by molar-refractivity contribution is 5.85. The number of ether oxygens (including phenoxy) is 1. The second-order valence-electron chi connectivity index (χ2n) is 8.26. The van der Waals surface area contributed by atoms with Gasteiger partial charge in [-0.1, -0.05) is 27.7 Å². The molecule has 0 radical (unpaired) electrons. The summed E-state index contributed by atoms with van der Waals surface area (Å²) in [5, 5.41) is 10.3. The Hall–Kier alpha value is 0.420. The van der Waals surface area contributed by atoms with Crippen molar-refractivity contribution in [1.29, 1.82) is 0 Å². The number of rotatable bonds is 6. The largest absolute Gasteiger partial charge is 0.389 e. The Kier molecular flexibility index (Phi) is 11.4. The third-order valence-corrected chi connectivity index (χ3v) is 5.25. The van der Waals surface area contributed by atoms with Crippen LogP contribution in [0.3, 0.4) is 0 Å². The van der Waals surface area contributed by atoms with Gasteiger partial charge in [0, 0.05) is 32.7 Å². The lowest BCUT2D eigenvalue weighted by molar-refractivity contribution is -0.0632. The molecule has 3 unspecified atom stereocenters. The maximum Gasteiger partial charge on any atom is 0.0900 e. The first-order valence-corrected chi connectivity index (χ1v) is 9.12. The minimum atomic E-state index is -0.353. The van der Waals surface area contributed by atoms with E-state index < -0.39 is 0 Å². The van der Waals surface area contributed by atoms with Crippen molar-refractivity contribution in [2.75, 3.05) is 45.9 Å². The lowest BCUT2D eigenvalue weighted by atomic mass is 9.71. The van der Waals surface area contributed by atoms with Gasteiger partial charge >= 0.3 is 0 Å². The Bertz CT molecular complexity index is 337. The first kappa shape index (κ1) is 24.4. The van der Waals surface area contributed by atoms with Gasteiger partial charge in [-0.15, -0.1) is 24.8 Å². The van der Waals surface area contributed by atoms with Crippen LogP contribution in [0, 0.1) is 11.3 Å². The molecule has 146 valence electrons. The van der Waals surface area contributed by atoms with Crippen LogP contribution in [-0.2, 0) is 4.74 Å². The third-order valence-electron chi connectivity index (χ3n) is 5.25. The van der Waals surface area contributed by atoms with Crippen molar-refractivity contribution in [3.05, 3.63) is 0 Å². The summed E-state index contributed by atoms with van der Waals surface area (Å²) in [6, 6.07) is 0. The number of halogens is 2. The van der Waals surface area contributed by atoms with Gasteiger partial charge in [0.2, 0.25) is 0 Å². The Morgan fingerprint density at radius 3 is 2.21 bits per heavy atom. The van der Waals surface area contributed by atoms with Gasteiger partial charge in [-0.05, 0) is 37.1 Å². The number of aliphatic hydroxyl groups is 1. The summed E-state index contributed by atoms with van der Waals surface area (Å²) < 4.78 is 6.05. The molecule has 0 spiro atoms. The van der Waals surface area contributed by atoms with Crippen molar-refractivity contribution in [1.82, 2.24) is 9.80 Å². The van der Waals surface area contributed by atoms with Crippen LogP contribution in [0.5, 0.6) is 0 Å². The van der Waals surface area contributed by atoms with Crippen molar-refractivity contribution < 1.29 is 9.84 Å². The van der Waals surface area contributed by atoms with Crippen molar-refractivity contribution in [2.45, 2.75) is 59.2 Å². The third kappa shape index (κ3) is 8.20. The molecule has 1 N–H and O–H groups in total. The molecule has 1 aliphatic heterocycles. The van der Waals surface area contributed by atoms with Crippen LogP contribution in [0.15, 0.2) is 0 Å². The highest BCUT2D eigenvalue weighted by Gasteiger charge is 2.32. The van der Waals surface area contributed by atoms with E-state index >= 15 is 0 Å². The number of β-amino-alcohol motifs (C(OH)–C–C–N with tert-alkyl or cyclic N) is 1. The van der Waals surface area contributed by atoms with E-state index in [0.717, 1.165) is 58.0 Å². The van der Waals surface area contributed by atoms with Crippen molar-refractivity contribution in [3.8, 4) is 0 Å². The average molecular weight is 385 g/mol.